The predicted molar refractivity (Wildman–Crippen MR) is 118 cm³/mol. The molecule has 0 radical (unpaired) electrons. The van der Waals surface area contributed by atoms with Gasteiger partial charge in [-0.2, -0.15) is 0 Å². The third kappa shape index (κ3) is 3.54. The van der Waals surface area contributed by atoms with E-state index in [2.05, 4.69) is 39.9 Å². The van der Waals surface area contributed by atoms with Crippen molar-refractivity contribution < 1.29 is 4.74 Å². The number of piperazine rings is 1. The number of benzene rings is 2. The van der Waals surface area contributed by atoms with Crippen molar-refractivity contribution in [3.63, 3.8) is 0 Å². The van der Waals surface area contributed by atoms with Gasteiger partial charge in [-0.3, -0.25) is 0 Å². The summed E-state index contributed by atoms with van der Waals surface area (Å²) in [5.41, 5.74) is 2.92. The lowest BCUT2D eigenvalue weighted by Crippen LogP contribution is -2.52. The maximum absolute atomic E-state index is 6.37. The van der Waals surface area contributed by atoms with Crippen LogP contribution in [0.4, 0.5) is 11.5 Å². The molecule has 1 N–H and O–H groups in total. The maximum Gasteiger partial charge on any atom is 0.142 e. The SMILES string of the molecule is COc1ccccc1N1CCN(c2ccc(-c3c(Cl)cccc3Cl)[nH]2)C(C)C1. The summed E-state index contributed by atoms with van der Waals surface area (Å²) in [4.78, 5) is 8.28. The topological polar surface area (TPSA) is 31.5 Å². The molecular formula is C22H23Cl2N3O. The van der Waals surface area contributed by atoms with Crippen LogP contribution in [0.2, 0.25) is 10.0 Å². The number of aromatic nitrogens is 1. The highest BCUT2D eigenvalue weighted by Gasteiger charge is 2.26. The second-order valence-electron chi connectivity index (χ2n) is 7.01. The van der Waals surface area contributed by atoms with E-state index in [0.717, 1.165) is 48.1 Å². The van der Waals surface area contributed by atoms with E-state index in [1.54, 1.807) is 7.11 Å². The van der Waals surface area contributed by atoms with Crippen LogP contribution in [0.1, 0.15) is 6.92 Å². The Hall–Kier alpha value is -2.30. The van der Waals surface area contributed by atoms with Gasteiger partial charge in [0.15, 0.2) is 0 Å². The molecule has 1 aliphatic heterocycles. The standard InChI is InChI=1S/C22H23Cl2N3O/c1-15-14-26(19-8-3-4-9-20(19)28-2)12-13-27(15)21-11-10-18(25-21)22-16(23)6-5-7-17(22)24/h3-11,15,25H,12-14H2,1-2H3. The smallest absolute Gasteiger partial charge is 0.142 e. The molecule has 0 bridgehead atoms. The monoisotopic (exact) mass is 415 g/mol. The molecule has 0 amide bonds. The lowest BCUT2D eigenvalue weighted by Gasteiger charge is -2.42. The minimum Gasteiger partial charge on any atom is -0.495 e. The van der Waals surface area contributed by atoms with E-state index < -0.39 is 0 Å². The molecule has 4 nitrogen and oxygen atoms in total. The molecule has 1 aromatic heterocycles. The zero-order valence-corrected chi connectivity index (χ0v) is 17.5. The molecule has 0 spiro atoms. The summed E-state index contributed by atoms with van der Waals surface area (Å²) >= 11 is 12.7. The molecule has 146 valence electrons. The van der Waals surface area contributed by atoms with Gasteiger partial charge in [-0.25, -0.2) is 0 Å². The highest BCUT2D eigenvalue weighted by Crippen LogP contribution is 2.36. The predicted octanol–water partition coefficient (Wildman–Crippen LogP) is 5.71. The molecule has 3 aromatic rings. The quantitative estimate of drug-likeness (QED) is 0.591. The van der Waals surface area contributed by atoms with Crippen LogP contribution < -0.4 is 14.5 Å². The fraction of sp³-hybridized carbons (Fsp3) is 0.273. The van der Waals surface area contributed by atoms with Gasteiger partial charge in [-0.15, -0.1) is 0 Å². The molecule has 28 heavy (non-hydrogen) atoms. The van der Waals surface area contributed by atoms with Crippen LogP contribution in [-0.2, 0) is 0 Å². The van der Waals surface area contributed by atoms with E-state index in [9.17, 15) is 0 Å². The molecule has 2 aromatic carbocycles. The van der Waals surface area contributed by atoms with Crippen LogP contribution in [0.5, 0.6) is 5.75 Å². The second-order valence-corrected chi connectivity index (χ2v) is 7.83. The normalized spacial score (nSPS) is 17.1. The number of halogens is 2. The first kappa shape index (κ1) is 19.0. The molecule has 4 rings (SSSR count). The number of anilines is 2. The van der Waals surface area contributed by atoms with Crippen LogP contribution >= 0.6 is 23.2 Å². The molecule has 1 fully saturated rings. The Morgan fingerprint density at radius 2 is 1.71 bits per heavy atom. The van der Waals surface area contributed by atoms with Gasteiger partial charge in [-0.1, -0.05) is 41.4 Å². The number of rotatable bonds is 4. The molecule has 0 aliphatic carbocycles. The Morgan fingerprint density at radius 3 is 2.43 bits per heavy atom. The molecule has 0 saturated carbocycles. The Kier molecular flexibility index (Phi) is 5.42. The number of nitrogens with zero attached hydrogens (tertiary/aromatic N) is 2. The fourth-order valence-electron chi connectivity index (χ4n) is 3.88. The van der Waals surface area contributed by atoms with E-state index in [1.807, 2.05) is 36.4 Å². The van der Waals surface area contributed by atoms with E-state index in [-0.39, 0.29) is 0 Å². The van der Waals surface area contributed by atoms with Gasteiger partial charge in [0.1, 0.15) is 11.6 Å². The van der Waals surface area contributed by atoms with Gasteiger partial charge >= 0.3 is 0 Å². The number of H-pyrrole nitrogens is 1. The van der Waals surface area contributed by atoms with Crippen LogP contribution in [0.15, 0.2) is 54.6 Å². The third-order valence-electron chi connectivity index (χ3n) is 5.27. The number of aromatic amines is 1. The first-order valence-corrected chi connectivity index (χ1v) is 10.1. The molecule has 1 saturated heterocycles. The van der Waals surface area contributed by atoms with Crippen molar-refractivity contribution in [3.8, 4) is 17.0 Å². The van der Waals surface area contributed by atoms with Crippen LogP contribution in [0.25, 0.3) is 11.3 Å². The van der Waals surface area contributed by atoms with Gasteiger partial charge in [-0.05, 0) is 43.3 Å². The van der Waals surface area contributed by atoms with Gasteiger partial charge in [0.2, 0.25) is 0 Å². The number of hydrogen-bond acceptors (Lipinski definition) is 3. The van der Waals surface area contributed by atoms with E-state index in [4.69, 9.17) is 27.9 Å². The average molecular weight is 416 g/mol. The highest BCUT2D eigenvalue weighted by molar-refractivity contribution is 6.39. The molecule has 1 atom stereocenters. The van der Waals surface area contributed by atoms with Crippen molar-refractivity contribution in [2.45, 2.75) is 13.0 Å². The zero-order valence-electron chi connectivity index (χ0n) is 16.0. The first-order chi connectivity index (χ1) is 13.6. The van der Waals surface area contributed by atoms with E-state index in [1.165, 1.54) is 0 Å². The number of hydrogen-bond donors (Lipinski definition) is 1. The highest BCUT2D eigenvalue weighted by atomic mass is 35.5. The zero-order chi connectivity index (χ0) is 19.7. The van der Waals surface area contributed by atoms with Gasteiger partial charge < -0.3 is 19.5 Å². The number of para-hydroxylation sites is 2. The summed E-state index contributed by atoms with van der Waals surface area (Å²) in [6.07, 6.45) is 0. The molecule has 1 aliphatic rings. The average Bonchev–Trinajstić information content (AvgIpc) is 3.17. The summed E-state index contributed by atoms with van der Waals surface area (Å²) in [5, 5.41) is 1.30. The lowest BCUT2D eigenvalue weighted by atomic mass is 10.1. The van der Waals surface area contributed by atoms with E-state index in [0.29, 0.717) is 16.1 Å². The maximum atomic E-state index is 6.37. The van der Waals surface area contributed by atoms with Gasteiger partial charge in [0, 0.05) is 36.9 Å². The van der Waals surface area contributed by atoms with Crippen molar-refractivity contribution in [1.82, 2.24) is 4.98 Å². The third-order valence-corrected chi connectivity index (χ3v) is 5.90. The Morgan fingerprint density at radius 1 is 0.964 bits per heavy atom. The summed E-state index contributed by atoms with van der Waals surface area (Å²) < 4.78 is 5.53. The summed E-state index contributed by atoms with van der Waals surface area (Å²) in [5.74, 6) is 2.00. The number of methoxy groups -OCH3 is 1. The molecule has 2 heterocycles. The summed E-state index contributed by atoms with van der Waals surface area (Å²) in [6, 6.07) is 18.2. The van der Waals surface area contributed by atoms with Crippen LogP contribution in [-0.4, -0.2) is 37.8 Å². The van der Waals surface area contributed by atoms with Crippen molar-refractivity contribution >= 4 is 34.7 Å². The Labute approximate surface area is 175 Å². The largest absolute Gasteiger partial charge is 0.495 e. The molecular weight excluding hydrogens is 393 g/mol. The fourth-order valence-corrected chi connectivity index (χ4v) is 4.48. The second kappa shape index (κ2) is 7.98. The van der Waals surface area contributed by atoms with Gasteiger partial charge in [0.05, 0.1) is 22.8 Å². The van der Waals surface area contributed by atoms with Crippen LogP contribution in [0.3, 0.4) is 0 Å². The van der Waals surface area contributed by atoms with Crippen molar-refractivity contribution in [3.05, 3.63) is 64.6 Å². The molecule has 6 heteroatoms. The Bertz CT molecular complexity index is 952. The Balaban J connectivity index is 1.54. The van der Waals surface area contributed by atoms with Crippen LogP contribution in [0, 0.1) is 0 Å². The number of nitrogens with one attached hydrogen (secondary N) is 1. The van der Waals surface area contributed by atoms with Crippen molar-refractivity contribution in [2.24, 2.45) is 0 Å². The minimum absolute atomic E-state index is 0.340. The van der Waals surface area contributed by atoms with Gasteiger partial charge in [0.25, 0.3) is 0 Å². The lowest BCUT2D eigenvalue weighted by molar-refractivity contribution is 0.412. The number of ether oxygens (including phenoxy) is 1. The molecule has 1 unspecified atom stereocenters. The summed E-state index contributed by atoms with van der Waals surface area (Å²) in [6.45, 7) is 4.99. The first-order valence-electron chi connectivity index (χ1n) is 9.36. The minimum atomic E-state index is 0.340. The van der Waals surface area contributed by atoms with Crippen molar-refractivity contribution in [1.29, 1.82) is 0 Å². The summed E-state index contributed by atoms with van der Waals surface area (Å²) in [7, 11) is 1.72. The van der Waals surface area contributed by atoms with E-state index >= 15 is 0 Å². The van der Waals surface area contributed by atoms with Crippen molar-refractivity contribution in [2.75, 3.05) is 36.5 Å².